The van der Waals surface area contributed by atoms with Gasteiger partial charge < -0.3 is 0 Å². The van der Waals surface area contributed by atoms with Crippen LogP contribution in [-0.2, 0) is 0 Å². The first-order valence-corrected chi connectivity index (χ1v) is 5.48. The number of hydrogen-bond donors (Lipinski definition) is 0. The normalized spacial score (nSPS) is 20.5. The second-order valence-electron chi connectivity index (χ2n) is 3.98. The van der Waals surface area contributed by atoms with Gasteiger partial charge in [0.1, 0.15) is 0 Å². The summed E-state index contributed by atoms with van der Waals surface area (Å²) in [4.78, 5) is 1.98. The third-order valence-corrected chi connectivity index (χ3v) is 3.06. The van der Waals surface area contributed by atoms with Crippen molar-refractivity contribution in [1.82, 2.24) is 4.90 Å². The van der Waals surface area contributed by atoms with Crippen LogP contribution in [0.3, 0.4) is 0 Å². The van der Waals surface area contributed by atoms with Gasteiger partial charge in [0.15, 0.2) is 0 Å². The average molecular weight is 242 g/mol. The van der Waals surface area contributed by atoms with Crippen molar-refractivity contribution in [3.05, 3.63) is 12.2 Å². The predicted molar refractivity (Wildman–Crippen MR) is 55.1 cm³/mol. The molecule has 1 rings (SSSR count). The molecule has 1 nitrogen and oxygen atoms in total. The van der Waals surface area contributed by atoms with Gasteiger partial charge in [-0.3, -0.25) is 4.90 Å². The molecule has 0 atom stereocenters. The van der Waals surface area contributed by atoms with E-state index in [-0.39, 0.29) is 12.8 Å². The molecule has 1 fully saturated rings. The van der Waals surface area contributed by atoms with Gasteiger partial charge >= 0.3 is 6.18 Å². The van der Waals surface area contributed by atoms with Gasteiger partial charge in [-0.25, -0.2) is 0 Å². The lowest BCUT2D eigenvalue weighted by molar-refractivity contribution is -0.184. The molecule has 0 amide bonds. The Hall–Kier alpha value is -0.220. The Balaban J connectivity index is 2.33. The van der Waals surface area contributed by atoms with Crippen molar-refractivity contribution in [2.75, 3.05) is 25.5 Å². The molecule has 0 N–H and O–H groups in total. The monoisotopic (exact) mass is 241 g/mol. The fourth-order valence-corrected chi connectivity index (χ4v) is 1.86. The van der Waals surface area contributed by atoms with Crippen LogP contribution in [0, 0.1) is 5.92 Å². The molecule has 1 heterocycles. The number of piperidine rings is 1. The predicted octanol–water partition coefficient (Wildman–Crippen LogP) is 3.06. The summed E-state index contributed by atoms with van der Waals surface area (Å²) in [6, 6.07) is 0. The minimum Gasteiger partial charge on any atom is -0.299 e. The maximum atomic E-state index is 12.3. The molecule has 5 heteroatoms. The largest absolute Gasteiger partial charge is 0.391 e. The van der Waals surface area contributed by atoms with E-state index in [1.165, 1.54) is 0 Å². The fourth-order valence-electron chi connectivity index (χ4n) is 1.78. The number of halogens is 4. The third-order valence-electron chi connectivity index (χ3n) is 2.69. The van der Waals surface area contributed by atoms with E-state index in [0.29, 0.717) is 25.5 Å². The molecule has 0 aliphatic carbocycles. The number of alkyl halides is 4. The van der Waals surface area contributed by atoms with Crippen molar-refractivity contribution in [3.63, 3.8) is 0 Å². The van der Waals surface area contributed by atoms with E-state index in [1.807, 2.05) is 4.90 Å². The van der Waals surface area contributed by atoms with Gasteiger partial charge in [0.25, 0.3) is 0 Å². The van der Waals surface area contributed by atoms with E-state index in [9.17, 15) is 13.2 Å². The standard InChI is InChI=1S/C10H15ClF3N/c1-8(6-11)7-15-4-2-9(3-5-15)10(12,13)14/h9H,1-7H2. The van der Waals surface area contributed by atoms with Gasteiger partial charge in [0, 0.05) is 12.4 Å². The third kappa shape index (κ3) is 4.03. The Morgan fingerprint density at radius 3 is 2.27 bits per heavy atom. The molecule has 15 heavy (non-hydrogen) atoms. The highest BCUT2D eigenvalue weighted by atomic mass is 35.5. The highest BCUT2D eigenvalue weighted by molar-refractivity contribution is 6.19. The molecular formula is C10H15ClF3N. The van der Waals surface area contributed by atoms with Crippen LogP contribution in [0.25, 0.3) is 0 Å². The van der Waals surface area contributed by atoms with E-state index in [4.69, 9.17) is 11.6 Å². The Morgan fingerprint density at radius 2 is 1.87 bits per heavy atom. The van der Waals surface area contributed by atoms with Gasteiger partial charge in [0.2, 0.25) is 0 Å². The minimum absolute atomic E-state index is 0.194. The Bertz CT molecular complexity index is 219. The summed E-state index contributed by atoms with van der Waals surface area (Å²) in [5.41, 5.74) is 0.863. The first-order chi connectivity index (χ1) is 6.93. The van der Waals surface area contributed by atoms with Crippen molar-refractivity contribution in [1.29, 1.82) is 0 Å². The van der Waals surface area contributed by atoms with Crippen molar-refractivity contribution >= 4 is 11.6 Å². The Kier molecular flexibility index (Phi) is 4.46. The first kappa shape index (κ1) is 12.8. The van der Waals surface area contributed by atoms with E-state index >= 15 is 0 Å². The molecule has 1 aliphatic heterocycles. The van der Waals surface area contributed by atoms with Crippen LogP contribution >= 0.6 is 11.6 Å². The average Bonchev–Trinajstić information content (AvgIpc) is 2.17. The molecule has 1 aliphatic rings. The van der Waals surface area contributed by atoms with Crippen molar-refractivity contribution in [2.45, 2.75) is 19.0 Å². The maximum Gasteiger partial charge on any atom is 0.391 e. The van der Waals surface area contributed by atoms with E-state index in [0.717, 1.165) is 5.57 Å². The summed E-state index contributed by atoms with van der Waals surface area (Å²) in [7, 11) is 0. The van der Waals surface area contributed by atoms with E-state index < -0.39 is 12.1 Å². The van der Waals surface area contributed by atoms with Crippen LogP contribution in [-0.4, -0.2) is 36.6 Å². The summed E-state index contributed by atoms with van der Waals surface area (Å²) >= 11 is 5.57. The lowest BCUT2D eigenvalue weighted by Gasteiger charge is -2.33. The smallest absolute Gasteiger partial charge is 0.299 e. The highest BCUT2D eigenvalue weighted by Crippen LogP contribution is 2.34. The summed E-state index contributed by atoms with van der Waals surface area (Å²) in [5, 5.41) is 0. The van der Waals surface area contributed by atoms with Crippen LogP contribution in [0.4, 0.5) is 13.2 Å². The SMILES string of the molecule is C=C(CCl)CN1CCC(C(F)(F)F)CC1. The van der Waals surface area contributed by atoms with Crippen molar-refractivity contribution < 1.29 is 13.2 Å². The molecule has 0 radical (unpaired) electrons. The summed E-state index contributed by atoms with van der Waals surface area (Å²) in [6.07, 6.45) is -3.65. The summed E-state index contributed by atoms with van der Waals surface area (Å²) in [5.74, 6) is -0.753. The second-order valence-corrected chi connectivity index (χ2v) is 4.24. The fraction of sp³-hybridized carbons (Fsp3) is 0.800. The zero-order chi connectivity index (χ0) is 11.5. The van der Waals surface area contributed by atoms with Gasteiger partial charge in [-0.15, -0.1) is 11.6 Å². The summed E-state index contributed by atoms with van der Waals surface area (Å²) < 4.78 is 37.0. The van der Waals surface area contributed by atoms with Gasteiger partial charge in [-0.1, -0.05) is 6.58 Å². The van der Waals surface area contributed by atoms with E-state index in [2.05, 4.69) is 6.58 Å². The van der Waals surface area contributed by atoms with Gasteiger partial charge in [-0.05, 0) is 31.5 Å². The zero-order valence-corrected chi connectivity index (χ0v) is 9.24. The van der Waals surface area contributed by atoms with E-state index in [1.54, 1.807) is 0 Å². The molecule has 0 bridgehead atoms. The minimum atomic E-state index is -4.03. The number of hydrogen-bond acceptors (Lipinski definition) is 1. The zero-order valence-electron chi connectivity index (χ0n) is 8.49. The first-order valence-electron chi connectivity index (χ1n) is 4.95. The van der Waals surface area contributed by atoms with Gasteiger partial charge in [-0.2, -0.15) is 13.2 Å². The lowest BCUT2D eigenvalue weighted by Crippen LogP contribution is -2.39. The number of nitrogens with zero attached hydrogens (tertiary/aromatic N) is 1. The molecule has 0 aromatic rings. The quantitative estimate of drug-likeness (QED) is 0.542. The Morgan fingerprint density at radius 1 is 1.33 bits per heavy atom. The van der Waals surface area contributed by atoms with Crippen molar-refractivity contribution in [3.8, 4) is 0 Å². The molecule has 88 valence electrons. The molecule has 0 unspecified atom stereocenters. The second kappa shape index (κ2) is 5.21. The highest BCUT2D eigenvalue weighted by Gasteiger charge is 2.40. The molecule has 0 saturated carbocycles. The number of rotatable bonds is 3. The Labute approximate surface area is 92.9 Å². The maximum absolute atomic E-state index is 12.3. The molecule has 0 spiro atoms. The van der Waals surface area contributed by atoms with Crippen molar-refractivity contribution in [2.24, 2.45) is 5.92 Å². The van der Waals surface area contributed by atoms with Crippen LogP contribution in [0.15, 0.2) is 12.2 Å². The molecule has 1 saturated heterocycles. The van der Waals surface area contributed by atoms with Crippen LogP contribution in [0.5, 0.6) is 0 Å². The summed E-state index contributed by atoms with van der Waals surface area (Å²) in [6.45, 7) is 5.33. The molecule has 0 aromatic carbocycles. The lowest BCUT2D eigenvalue weighted by atomic mass is 9.96. The molecule has 0 aromatic heterocycles. The van der Waals surface area contributed by atoms with Crippen LogP contribution in [0.1, 0.15) is 12.8 Å². The van der Waals surface area contributed by atoms with Crippen LogP contribution in [0.2, 0.25) is 0 Å². The topological polar surface area (TPSA) is 3.24 Å². The number of likely N-dealkylation sites (tertiary alicyclic amines) is 1. The van der Waals surface area contributed by atoms with Crippen LogP contribution < -0.4 is 0 Å². The molecular weight excluding hydrogens is 227 g/mol. The van der Waals surface area contributed by atoms with Gasteiger partial charge in [0.05, 0.1) is 5.92 Å².